The fourth-order valence-corrected chi connectivity index (χ4v) is 4.05. The highest BCUT2D eigenvalue weighted by molar-refractivity contribution is 5.94. The highest BCUT2D eigenvalue weighted by Gasteiger charge is 2.49. The first-order valence-electron chi connectivity index (χ1n) is 9.79. The Morgan fingerprint density at radius 3 is 2.59 bits per heavy atom. The van der Waals surface area contributed by atoms with Gasteiger partial charge in [0.1, 0.15) is 0 Å². The molecule has 3 rings (SSSR count). The van der Waals surface area contributed by atoms with Crippen molar-refractivity contribution in [3.8, 4) is 0 Å². The lowest BCUT2D eigenvalue weighted by atomic mass is 9.69. The van der Waals surface area contributed by atoms with Gasteiger partial charge in [0.15, 0.2) is 0 Å². The standard InChI is InChI=1S/C20H31N3O4/c1-4-16-11-15(12-17(24)21-16)18(25)23-6-5-20(26,19(2,3)13-23)14-22-7-9-27-10-8-22/h11-12,26H,4-10,13-14H2,1-3H3,(H,21,24). The smallest absolute Gasteiger partial charge is 0.254 e. The number of aliphatic hydroxyl groups is 1. The van der Waals surface area contributed by atoms with Crippen LogP contribution in [0.2, 0.25) is 0 Å². The highest BCUT2D eigenvalue weighted by Crippen LogP contribution is 2.39. The zero-order chi connectivity index (χ0) is 19.7. The summed E-state index contributed by atoms with van der Waals surface area (Å²) in [6, 6.07) is 3.12. The summed E-state index contributed by atoms with van der Waals surface area (Å²) < 4.78 is 5.40. The van der Waals surface area contributed by atoms with Crippen LogP contribution < -0.4 is 5.56 Å². The zero-order valence-electron chi connectivity index (χ0n) is 16.6. The number of pyridine rings is 1. The third-order valence-corrected chi connectivity index (χ3v) is 6.05. The fourth-order valence-electron chi connectivity index (χ4n) is 4.05. The minimum absolute atomic E-state index is 0.141. The normalized spacial score (nSPS) is 26.1. The number of morpholine rings is 1. The third kappa shape index (κ3) is 4.25. The summed E-state index contributed by atoms with van der Waals surface area (Å²) in [7, 11) is 0. The number of carbonyl (C=O) groups is 1. The molecule has 1 aromatic rings. The van der Waals surface area contributed by atoms with Crippen LogP contribution in [0.25, 0.3) is 0 Å². The van der Waals surface area contributed by atoms with E-state index < -0.39 is 11.0 Å². The molecule has 2 aliphatic rings. The Kier molecular flexibility index (Phi) is 5.74. The van der Waals surface area contributed by atoms with Gasteiger partial charge in [-0.25, -0.2) is 0 Å². The summed E-state index contributed by atoms with van der Waals surface area (Å²) in [5.41, 5.74) is -0.383. The van der Waals surface area contributed by atoms with Gasteiger partial charge in [-0.2, -0.15) is 0 Å². The van der Waals surface area contributed by atoms with Crippen molar-refractivity contribution < 1.29 is 14.6 Å². The minimum Gasteiger partial charge on any atom is -0.388 e. The number of amides is 1. The van der Waals surface area contributed by atoms with Gasteiger partial charge in [-0.05, 0) is 18.9 Å². The first-order valence-corrected chi connectivity index (χ1v) is 9.79. The molecule has 0 aliphatic carbocycles. The zero-order valence-corrected chi connectivity index (χ0v) is 16.6. The van der Waals surface area contributed by atoms with Crippen molar-refractivity contribution in [3.05, 3.63) is 33.7 Å². The van der Waals surface area contributed by atoms with Crippen LogP contribution in [0.15, 0.2) is 16.9 Å². The van der Waals surface area contributed by atoms with Crippen molar-refractivity contribution >= 4 is 5.91 Å². The van der Waals surface area contributed by atoms with Crippen molar-refractivity contribution in [1.82, 2.24) is 14.8 Å². The molecule has 150 valence electrons. The summed E-state index contributed by atoms with van der Waals surface area (Å²) in [5.74, 6) is -0.141. The van der Waals surface area contributed by atoms with E-state index in [1.165, 1.54) is 6.07 Å². The Balaban J connectivity index is 1.73. The van der Waals surface area contributed by atoms with Crippen LogP contribution in [-0.4, -0.2) is 77.3 Å². The van der Waals surface area contributed by atoms with E-state index in [4.69, 9.17) is 4.74 Å². The second kappa shape index (κ2) is 7.73. The van der Waals surface area contributed by atoms with E-state index in [0.717, 1.165) is 18.8 Å². The number of nitrogens with one attached hydrogen (secondary N) is 1. The molecule has 2 aliphatic heterocycles. The van der Waals surface area contributed by atoms with Gasteiger partial charge in [0.05, 0.1) is 18.8 Å². The number of ether oxygens (including phenoxy) is 1. The van der Waals surface area contributed by atoms with Gasteiger partial charge >= 0.3 is 0 Å². The maximum atomic E-state index is 13.0. The van der Waals surface area contributed by atoms with Crippen molar-refractivity contribution in [3.63, 3.8) is 0 Å². The summed E-state index contributed by atoms with van der Waals surface area (Å²) >= 11 is 0. The lowest BCUT2D eigenvalue weighted by Gasteiger charge is -2.52. The molecule has 27 heavy (non-hydrogen) atoms. The van der Waals surface area contributed by atoms with E-state index in [2.05, 4.69) is 9.88 Å². The molecule has 0 aromatic carbocycles. The molecule has 7 heteroatoms. The first-order chi connectivity index (χ1) is 12.7. The molecule has 1 unspecified atom stereocenters. The quantitative estimate of drug-likeness (QED) is 0.813. The largest absolute Gasteiger partial charge is 0.388 e. The number of likely N-dealkylation sites (tertiary alicyclic amines) is 1. The summed E-state index contributed by atoms with van der Waals surface area (Å²) in [4.78, 5) is 31.6. The van der Waals surface area contributed by atoms with Crippen LogP contribution >= 0.6 is 0 Å². The third-order valence-electron chi connectivity index (χ3n) is 6.05. The van der Waals surface area contributed by atoms with Crippen molar-refractivity contribution in [2.45, 2.75) is 39.2 Å². The van der Waals surface area contributed by atoms with Gasteiger partial charge in [0.25, 0.3) is 5.91 Å². The Morgan fingerprint density at radius 2 is 1.96 bits per heavy atom. The monoisotopic (exact) mass is 377 g/mol. The second-order valence-corrected chi connectivity index (χ2v) is 8.39. The molecular formula is C20H31N3O4. The molecule has 0 bridgehead atoms. The van der Waals surface area contributed by atoms with Crippen LogP contribution in [-0.2, 0) is 11.2 Å². The number of β-amino-alcohol motifs (C(OH)–C–C–N with tert-alkyl or cyclic N) is 1. The van der Waals surface area contributed by atoms with Gasteiger partial charge in [-0.15, -0.1) is 0 Å². The number of aromatic amines is 1. The van der Waals surface area contributed by atoms with Crippen LogP contribution in [0.5, 0.6) is 0 Å². The SMILES string of the molecule is CCc1cc(C(=O)N2CCC(O)(CN3CCOCC3)C(C)(C)C2)cc(=O)[nH]1. The maximum absolute atomic E-state index is 13.0. The molecule has 0 radical (unpaired) electrons. The number of hydrogen-bond acceptors (Lipinski definition) is 5. The van der Waals surface area contributed by atoms with E-state index in [9.17, 15) is 14.7 Å². The molecule has 1 aromatic heterocycles. The average molecular weight is 377 g/mol. The Labute approximate surface area is 160 Å². The van der Waals surface area contributed by atoms with Crippen LogP contribution in [0, 0.1) is 5.41 Å². The number of piperidine rings is 1. The molecule has 7 nitrogen and oxygen atoms in total. The number of hydrogen-bond donors (Lipinski definition) is 2. The van der Waals surface area contributed by atoms with Crippen LogP contribution in [0.3, 0.4) is 0 Å². The molecule has 1 amide bonds. The van der Waals surface area contributed by atoms with Crippen molar-refractivity contribution in [2.75, 3.05) is 45.9 Å². The van der Waals surface area contributed by atoms with Crippen molar-refractivity contribution in [1.29, 1.82) is 0 Å². The first kappa shape index (κ1) is 20.0. The Hall–Kier alpha value is -1.70. The van der Waals surface area contributed by atoms with Gasteiger partial charge < -0.3 is 19.7 Å². The fraction of sp³-hybridized carbons (Fsp3) is 0.700. The van der Waals surface area contributed by atoms with Crippen LogP contribution in [0.4, 0.5) is 0 Å². The van der Waals surface area contributed by atoms with Crippen molar-refractivity contribution in [2.24, 2.45) is 5.41 Å². The summed E-state index contributed by atoms with van der Waals surface area (Å²) in [6.45, 7) is 10.6. The molecule has 2 N–H and O–H groups in total. The highest BCUT2D eigenvalue weighted by atomic mass is 16.5. The lowest BCUT2D eigenvalue weighted by Crippen LogP contribution is -2.63. The van der Waals surface area contributed by atoms with Gasteiger partial charge in [-0.3, -0.25) is 14.5 Å². The lowest BCUT2D eigenvalue weighted by molar-refractivity contribution is -0.133. The topological polar surface area (TPSA) is 85.9 Å². The maximum Gasteiger partial charge on any atom is 0.254 e. The summed E-state index contributed by atoms with van der Waals surface area (Å²) in [5, 5.41) is 11.4. The van der Waals surface area contributed by atoms with E-state index in [1.807, 2.05) is 20.8 Å². The second-order valence-electron chi connectivity index (χ2n) is 8.39. The van der Waals surface area contributed by atoms with E-state index in [1.54, 1.807) is 11.0 Å². The molecule has 0 saturated carbocycles. The number of rotatable bonds is 4. The molecular weight excluding hydrogens is 346 g/mol. The predicted molar refractivity (Wildman–Crippen MR) is 103 cm³/mol. The van der Waals surface area contributed by atoms with Gasteiger partial charge in [0.2, 0.25) is 5.56 Å². The number of aromatic nitrogens is 1. The molecule has 1 atom stereocenters. The predicted octanol–water partition coefficient (Wildman–Crippen LogP) is 0.873. The number of H-pyrrole nitrogens is 1. The molecule has 2 saturated heterocycles. The minimum atomic E-state index is -0.857. The van der Waals surface area contributed by atoms with E-state index in [0.29, 0.717) is 51.3 Å². The average Bonchev–Trinajstić information content (AvgIpc) is 2.63. The van der Waals surface area contributed by atoms with Gasteiger partial charge in [-0.1, -0.05) is 20.8 Å². The van der Waals surface area contributed by atoms with Gasteiger partial charge in [0, 0.05) is 55.5 Å². The molecule has 3 heterocycles. The molecule has 2 fully saturated rings. The Bertz CT molecular complexity index is 739. The number of carbonyl (C=O) groups excluding carboxylic acids is 1. The number of aryl methyl sites for hydroxylation is 1. The molecule has 0 spiro atoms. The van der Waals surface area contributed by atoms with Crippen LogP contribution in [0.1, 0.15) is 43.2 Å². The van der Waals surface area contributed by atoms with E-state index >= 15 is 0 Å². The number of nitrogens with zero attached hydrogens (tertiary/aromatic N) is 2. The Morgan fingerprint density at radius 1 is 1.26 bits per heavy atom. The van der Waals surface area contributed by atoms with E-state index in [-0.39, 0.29) is 11.5 Å². The summed E-state index contributed by atoms with van der Waals surface area (Å²) in [6.07, 6.45) is 1.19.